The first-order valence-electron chi connectivity index (χ1n) is 14.3. The van der Waals surface area contributed by atoms with Crippen molar-refractivity contribution in [3.8, 4) is 22.9 Å². The first kappa shape index (κ1) is 29.3. The number of amides is 1. The van der Waals surface area contributed by atoms with Crippen molar-refractivity contribution >= 4 is 33.3 Å². The monoisotopic (exact) mass is 612 g/mol. The number of methoxy groups -OCH3 is 1. The molecule has 1 fully saturated rings. The number of nitriles is 1. The molecule has 0 saturated carbocycles. The maximum atomic E-state index is 13.8. The highest BCUT2D eigenvalue weighted by Gasteiger charge is 2.49. The number of sulfonamides is 1. The fourth-order valence-electron chi connectivity index (χ4n) is 5.64. The van der Waals surface area contributed by atoms with Crippen LogP contribution in [0.25, 0.3) is 22.8 Å². The maximum Gasteiger partial charge on any atom is 0.231 e. The van der Waals surface area contributed by atoms with E-state index in [4.69, 9.17) is 9.15 Å². The Labute approximate surface area is 256 Å². The minimum absolute atomic E-state index is 0.00656. The Hall–Kier alpha value is -4.73. The molecule has 4 aromatic rings. The van der Waals surface area contributed by atoms with Crippen molar-refractivity contribution in [2.24, 2.45) is 0 Å². The quantitative estimate of drug-likeness (QED) is 0.268. The molecule has 11 nitrogen and oxygen atoms in total. The van der Waals surface area contributed by atoms with Gasteiger partial charge in [0, 0.05) is 30.4 Å². The van der Waals surface area contributed by atoms with E-state index in [9.17, 15) is 18.5 Å². The van der Waals surface area contributed by atoms with Gasteiger partial charge in [0.2, 0.25) is 21.8 Å². The summed E-state index contributed by atoms with van der Waals surface area (Å²) in [6.07, 6.45) is 7.39. The second-order valence-electron chi connectivity index (χ2n) is 11.1. The number of carbonyl (C=O) groups is 1. The minimum atomic E-state index is -3.36. The Morgan fingerprint density at radius 1 is 1.11 bits per heavy atom. The second kappa shape index (κ2) is 11.4. The largest absolute Gasteiger partial charge is 0.497 e. The van der Waals surface area contributed by atoms with Crippen molar-refractivity contribution in [1.29, 1.82) is 5.26 Å². The van der Waals surface area contributed by atoms with Gasteiger partial charge in [-0.2, -0.15) is 14.7 Å². The van der Waals surface area contributed by atoms with Gasteiger partial charge in [-0.1, -0.05) is 24.3 Å². The average Bonchev–Trinajstić information content (AvgIpc) is 3.65. The summed E-state index contributed by atoms with van der Waals surface area (Å²) in [7, 11) is -1.75. The zero-order valence-corrected chi connectivity index (χ0v) is 25.5. The molecule has 0 N–H and O–H groups in total. The molecule has 1 amide bonds. The number of fused-ring (bicyclic) bond motifs is 1. The third kappa shape index (κ3) is 5.40. The molecule has 2 aliphatic rings. The molecule has 226 valence electrons. The summed E-state index contributed by atoms with van der Waals surface area (Å²) < 4.78 is 39.0. The molecule has 1 saturated heterocycles. The van der Waals surface area contributed by atoms with Crippen molar-refractivity contribution in [1.82, 2.24) is 19.1 Å². The van der Waals surface area contributed by atoms with Crippen LogP contribution in [0.1, 0.15) is 42.5 Å². The van der Waals surface area contributed by atoms with Gasteiger partial charge in [0.25, 0.3) is 0 Å². The van der Waals surface area contributed by atoms with E-state index in [1.54, 1.807) is 36.0 Å². The van der Waals surface area contributed by atoms with Gasteiger partial charge in [-0.15, -0.1) is 0 Å². The van der Waals surface area contributed by atoms with Crippen LogP contribution in [0.15, 0.2) is 65.5 Å². The molecule has 0 unspecified atom stereocenters. The van der Waals surface area contributed by atoms with Gasteiger partial charge in [0.15, 0.2) is 0 Å². The number of hydrogen-bond donors (Lipinski definition) is 0. The summed E-state index contributed by atoms with van der Waals surface area (Å²) in [5.74, 6) is 1.72. The van der Waals surface area contributed by atoms with E-state index >= 15 is 0 Å². The maximum absolute atomic E-state index is 13.8. The zero-order chi connectivity index (χ0) is 31.1. The van der Waals surface area contributed by atoms with E-state index in [0.29, 0.717) is 23.8 Å². The molecule has 44 heavy (non-hydrogen) atoms. The number of anilines is 1. The van der Waals surface area contributed by atoms with E-state index < -0.39 is 15.6 Å². The van der Waals surface area contributed by atoms with Crippen LogP contribution in [0.4, 0.5) is 5.69 Å². The van der Waals surface area contributed by atoms with Gasteiger partial charge < -0.3 is 14.1 Å². The molecule has 0 bridgehead atoms. The van der Waals surface area contributed by atoms with Crippen molar-refractivity contribution < 1.29 is 22.4 Å². The molecule has 0 spiro atoms. The lowest BCUT2D eigenvalue weighted by atomic mass is 9.89. The van der Waals surface area contributed by atoms with Crippen molar-refractivity contribution in [2.45, 2.75) is 38.8 Å². The first-order chi connectivity index (χ1) is 21.1. The fraction of sp³-hybridized carbons (Fsp3) is 0.312. The number of hydrogen-bond acceptors (Lipinski definition) is 8. The van der Waals surface area contributed by atoms with E-state index in [1.807, 2.05) is 61.7 Å². The molecule has 4 heterocycles. The summed E-state index contributed by atoms with van der Waals surface area (Å²) >= 11 is 0. The minimum Gasteiger partial charge on any atom is -0.497 e. The molecule has 2 aliphatic heterocycles. The Morgan fingerprint density at radius 2 is 1.89 bits per heavy atom. The molecule has 0 radical (unpaired) electrons. The summed E-state index contributed by atoms with van der Waals surface area (Å²) in [6, 6.07) is 15.7. The van der Waals surface area contributed by atoms with Gasteiger partial charge >= 0.3 is 0 Å². The standard InChI is InChI=1S/C32H32N6O5S/c1-4-44(40,41)36-20-32(21-36,11-12-33)38-19-27(17-35-38)24-7-8-25-13-26(31-34-16-22(2)43-31)15-30(39)37(29(25)14-24)18-23-5-9-28(42-3)10-6-23/h5-10,13-14,16-17,19H,4,11,15,18,20-21H2,1-3H3. The zero-order valence-electron chi connectivity index (χ0n) is 24.7. The predicted molar refractivity (Wildman–Crippen MR) is 165 cm³/mol. The lowest BCUT2D eigenvalue weighted by Gasteiger charge is -2.47. The van der Waals surface area contributed by atoms with Crippen LogP contribution >= 0.6 is 0 Å². The second-order valence-corrected chi connectivity index (χ2v) is 13.4. The van der Waals surface area contributed by atoms with E-state index in [2.05, 4.69) is 16.2 Å². The lowest BCUT2D eigenvalue weighted by Crippen LogP contribution is -2.64. The highest BCUT2D eigenvalue weighted by Crippen LogP contribution is 2.38. The third-order valence-corrected chi connectivity index (χ3v) is 9.97. The third-order valence-electron chi connectivity index (χ3n) is 8.20. The van der Waals surface area contributed by atoms with Crippen LogP contribution in [-0.4, -0.2) is 59.3 Å². The topological polar surface area (TPSA) is 135 Å². The number of aromatic nitrogens is 3. The van der Waals surface area contributed by atoms with Crippen LogP contribution in [-0.2, 0) is 26.9 Å². The Kier molecular flexibility index (Phi) is 7.61. The average molecular weight is 613 g/mol. The Morgan fingerprint density at radius 3 is 2.55 bits per heavy atom. The van der Waals surface area contributed by atoms with Gasteiger partial charge in [-0.05, 0) is 54.8 Å². The highest BCUT2D eigenvalue weighted by atomic mass is 32.2. The van der Waals surface area contributed by atoms with E-state index in [-0.39, 0.29) is 37.6 Å². The molecule has 2 aromatic heterocycles. The number of nitrogens with zero attached hydrogens (tertiary/aromatic N) is 6. The number of aryl methyl sites for hydroxylation is 1. The van der Waals surface area contributed by atoms with Crippen molar-refractivity contribution in [2.75, 3.05) is 30.9 Å². The SMILES string of the molecule is CCS(=O)(=O)N1CC(CC#N)(n2cc(-c3ccc4c(c3)N(Cc3ccc(OC)cc3)C(=O)CC(c3ncc(C)o3)=C4)cn2)C1. The molecule has 6 rings (SSSR count). The number of ether oxygens (including phenoxy) is 1. The van der Waals surface area contributed by atoms with Crippen LogP contribution < -0.4 is 9.64 Å². The van der Waals surface area contributed by atoms with Gasteiger partial charge in [-0.3, -0.25) is 9.48 Å². The number of benzene rings is 2. The molecule has 2 aromatic carbocycles. The summed E-state index contributed by atoms with van der Waals surface area (Å²) in [4.78, 5) is 20.0. The summed E-state index contributed by atoms with van der Waals surface area (Å²) in [5, 5.41) is 14.1. The fourth-order valence-corrected chi connectivity index (χ4v) is 6.88. The Balaban J connectivity index is 1.37. The number of carbonyl (C=O) groups excluding carboxylic acids is 1. The first-order valence-corrected chi connectivity index (χ1v) is 15.9. The van der Waals surface area contributed by atoms with Crippen LogP contribution in [0.5, 0.6) is 5.75 Å². The summed E-state index contributed by atoms with van der Waals surface area (Å²) in [5.41, 5.74) is 4.08. The van der Waals surface area contributed by atoms with Crippen LogP contribution in [0.3, 0.4) is 0 Å². The number of oxazole rings is 1. The molecule has 0 aliphatic carbocycles. The predicted octanol–water partition coefficient (Wildman–Crippen LogP) is 4.61. The molecule has 0 atom stereocenters. The Bertz CT molecular complexity index is 1900. The normalized spacial score (nSPS) is 16.5. The van der Waals surface area contributed by atoms with Gasteiger partial charge in [0.1, 0.15) is 17.0 Å². The van der Waals surface area contributed by atoms with E-state index in [0.717, 1.165) is 33.7 Å². The van der Waals surface area contributed by atoms with Crippen LogP contribution in [0.2, 0.25) is 0 Å². The highest BCUT2D eigenvalue weighted by molar-refractivity contribution is 7.89. The summed E-state index contributed by atoms with van der Waals surface area (Å²) in [6.45, 7) is 4.16. The molecule has 12 heteroatoms. The smallest absolute Gasteiger partial charge is 0.231 e. The van der Waals surface area contributed by atoms with Crippen LogP contribution in [0, 0.1) is 18.3 Å². The van der Waals surface area contributed by atoms with Crippen molar-refractivity contribution in [3.63, 3.8) is 0 Å². The van der Waals surface area contributed by atoms with Crippen molar-refractivity contribution in [3.05, 3.63) is 83.8 Å². The van der Waals surface area contributed by atoms with E-state index in [1.165, 1.54) is 4.31 Å². The molecular formula is C32H32N6O5S. The van der Waals surface area contributed by atoms with Gasteiger partial charge in [-0.25, -0.2) is 13.4 Å². The number of rotatable bonds is 9. The van der Waals surface area contributed by atoms with Gasteiger partial charge in [0.05, 0.1) is 56.4 Å². The molecular weight excluding hydrogens is 580 g/mol. The lowest BCUT2D eigenvalue weighted by molar-refractivity contribution is -0.117.